The molecule has 0 saturated carbocycles. The number of sulfone groups is 1. The number of nitrogens with one attached hydrogen (secondary N) is 1. The van der Waals surface area contributed by atoms with Gasteiger partial charge >= 0.3 is 0 Å². The lowest BCUT2D eigenvalue weighted by Crippen LogP contribution is -2.37. The van der Waals surface area contributed by atoms with Crippen LogP contribution in [0.2, 0.25) is 0 Å². The van der Waals surface area contributed by atoms with Crippen LogP contribution in [0.15, 0.2) is 4.52 Å². The van der Waals surface area contributed by atoms with Crippen molar-refractivity contribution in [1.82, 2.24) is 10.5 Å². The Morgan fingerprint density at radius 1 is 1.23 bits per heavy atom. The fourth-order valence-corrected chi connectivity index (χ4v) is 3.59. The van der Waals surface area contributed by atoms with Gasteiger partial charge in [0, 0.05) is 11.6 Å². The highest BCUT2D eigenvalue weighted by Crippen LogP contribution is 2.16. The van der Waals surface area contributed by atoms with Crippen LogP contribution in [0.4, 0.5) is 0 Å². The molecule has 1 amide bonds. The first-order valence-corrected chi connectivity index (χ1v) is 9.34. The SMILES string of the molecule is Cc1noc(C)c1CS(=O)(=O)CC(=O)N[C@@H](C)CCC(C)C. The van der Waals surface area contributed by atoms with Crippen molar-refractivity contribution in [3.63, 3.8) is 0 Å². The van der Waals surface area contributed by atoms with Crippen LogP contribution in [0, 0.1) is 19.8 Å². The Hall–Kier alpha value is -1.37. The Kier molecular flexibility index (Phi) is 6.59. The van der Waals surface area contributed by atoms with Crippen LogP contribution in [-0.4, -0.2) is 31.3 Å². The lowest BCUT2D eigenvalue weighted by Gasteiger charge is -2.15. The second-order valence-electron chi connectivity index (χ2n) is 6.27. The number of hydrogen-bond acceptors (Lipinski definition) is 5. The number of hydrogen-bond donors (Lipinski definition) is 1. The van der Waals surface area contributed by atoms with Crippen LogP contribution in [0.3, 0.4) is 0 Å². The van der Waals surface area contributed by atoms with Crippen molar-refractivity contribution in [3.05, 3.63) is 17.0 Å². The molecule has 1 N–H and O–H groups in total. The van der Waals surface area contributed by atoms with Crippen molar-refractivity contribution in [3.8, 4) is 0 Å². The van der Waals surface area contributed by atoms with Crippen LogP contribution in [-0.2, 0) is 20.4 Å². The standard InChI is InChI=1S/C15H26N2O4S/c1-10(2)6-7-11(3)16-15(18)9-22(19,20)8-14-12(4)17-21-13(14)5/h10-11H,6-9H2,1-5H3,(H,16,18)/t11-/m0/s1. The summed E-state index contributed by atoms with van der Waals surface area (Å²) in [6, 6.07) is -0.0239. The molecule has 1 rings (SSSR count). The van der Waals surface area contributed by atoms with Crippen LogP contribution in [0.1, 0.15) is 50.6 Å². The Morgan fingerprint density at radius 3 is 2.36 bits per heavy atom. The summed E-state index contributed by atoms with van der Waals surface area (Å²) in [6.45, 7) is 9.47. The smallest absolute Gasteiger partial charge is 0.235 e. The zero-order chi connectivity index (χ0) is 16.9. The van der Waals surface area contributed by atoms with Crippen LogP contribution in [0.5, 0.6) is 0 Å². The lowest BCUT2D eigenvalue weighted by atomic mass is 10.0. The third-order valence-corrected chi connectivity index (χ3v) is 4.91. The van der Waals surface area contributed by atoms with Gasteiger partial charge in [0.05, 0.1) is 11.4 Å². The number of aromatic nitrogens is 1. The largest absolute Gasteiger partial charge is 0.361 e. The van der Waals surface area contributed by atoms with Crippen molar-refractivity contribution in [2.75, 3.05) is 5.75 Å². The topological polar surface area (TPSA) is 89.3 Å². The molecule has 0 bridgehead atoms. The van der Waals surface area contributed by atoms with Gasteiger partial charge < -0.3 is 9.84 Å². The second-order valence-corrected chi connectivity index (χ2v) is 8.34. The minimum atomic E-state index is -3.54. The highest BCUT2D eigenvalue weighted by atomic mass is 32.2. The summed E-state index contributed by atoms with van der Waals surface area (Å²) < 4.78 is 29.2. The number of amides is 1. The molecule has 0 unspecified atom stereocenters. The molecule has 0 aliphatic rings. The summed E-state index contributed by atoms with van der Waals surface area (Å²) in [5.74, 6) is -0.150. The quantitative estimate of drug-likeness (QED) is 0.789. The third-order valence-electron chi connectivity index (χ3n) is 3.48. The molecule has 0 aromatic carbocycles. The van der Waals surface area contributed by atoms with Gasteiger partial charge in [0.25, 0.3) is 0 Å². The van der Waals surface area contributed by atoms with Crippen LogP contribution < -0.4 is 5.32 Å². The first kappa shape index (κ1) is 18.7. The fraction of sp³-hybridized carbons (Fsp3) is 0.733. The van der Waals surface area contributed by atoms with Crippen LogP contribution >= 0.6 is 0 Å². The molecule has 0 saturated heterocycles. The van der Waals surface area contributed by atoms with Gasteiger partial charge in [-0.2, -0.15) is 0 Å². The summed E-state index contributed by atoms with van der Waals surface area (Å²) in [4.78, 5) is 11.9. The molecule has 22 heavy (non-hydrogen) atoms. The van der Waals surface area contributed by atoms with Crippen LogP contribution in [0.25, 0.3) is 0 Å². The number of rotatable bonds is 8. The first-order valence-electron chi connectivity index (χ1n) is 7.52. The summed E-state index contributed by atoms with van der Waals surface area (Å²) >= 11 is 0. The van der Waals surface area contributed by atoms with E-state index in [9.17, 15) is 13.2 Å². The zero-order valence-electron chi connectivity index (χ0n) is 14.0. The van der Waals surface area contributed by atoms with E-state index in [1.165, 1.54) is 0 Å². The molecule has 6 nitrogen and oxygen atoms in total. The predicted octanol–water partition coefficient (Wildman–Crippen LogP) is 2.15. The average molecular weight is 330 g/mol. The minimum Gasteiger partial charge on any atom is -0.361 e. The Morgan fingerprint density at radius 2 is 1.86 bits per heavy atom. The molecule has 0 radical (unpaired) electrons. The normalized spacial score (nSPS) is 13.4. The molecular weight excluding hydrogens is 304 g/mol. The van der Waals surface area contributed by atoms with E-state index >= 15 is 0 Å². The molecule has 1 heterocycles. The van der Waals surface area contributed by atoms with E-state index in [1.807, 2.05) is 6.92 Å². The van der Waals surface area contributed by atoms with E-state index < -0.39 is 21.5 Å². The molecular formula is C15H26N2O4S. The summed E-state index contributed by atoms with van der Waals surface area (Å²) in [6.07, 6.45) is 1.83. The Bertz CT molecular complexity index is 586. The van der Waals surface area contributed by atoms with E-state index in [0.717, 1.165) is 12.8 Å². The zero-order valence-corrected chi connectivity index (χ0v) is 14.8. The van der Waals surface area contributed by atoms with Gasteiger partial charge in [-0.25, -0.2) is 8.42 Å². The minimum absolute atomic E-state index is 0.0239. The summed E-state index contributed by atoms with van der Waals surface area (Å²) in [7, 11) is -3.54. The maximum absolute atomic E-state index is 12.1. The fourth-order valence-electron chi connectivity index (χ4n) is 2.15. The van der Waals surface area contributed by atoms with Gasteiger partial charge in [0.2, 0.25) is 5.91 Å². The van der Waals surface area contributed by atoms with E-state index in [0.29, 0.717) is 22.9 Å². The van der Waals surface area contributed by atoms with Crippen molar-refractivity contribution < 1.29 is 17.7 Å². The molecule has 0 fully saturated rings. The number of carbonyl (C=O) groups excluding carboxylic acids is 1. The number of aryl methyl sites for hydroxylation is 2. The molecule has 0 aliphatic heterocycles. The highest BCUT2D eigenvalue weighted by molar-refractivity contribution is 7.91. The van der Waals surface area contributed by atoms with Gasteiger partial charge in [0.15, 0.2) is 9.84 Å². The lowest BCUT2D eigenvalue weighted by molar-refractivity contribution is -0.119. The van der Waals surface area contributed by atoms with E-state index in [-0.39, 0.29) is 11.8 Å². The Balaban J connectivity index is 2.56. The predicted molar refractivity (Wildman–Crippen MR) is 85.1 cm³/mol. The van der Waals surface area contributed by atoms with E-state index in [2.05, 4.69) is 24.3 Å². The molecule has 1 aromatic heterocycles. The number of carbonyl (C=O) groups is 1. The van der Waals surface area contributed by atoms with Crippen molar-refractivity contribution in [1.29, 1.82) is 0 Å². The van der Waals surface area contributed by atoms with E-state index in [4.69, 9.17) is 4.52 Å². The average Bonchev–Trinajstić information content (AvgIpc) is 2.66. The van der Waals surface area contributed by atoms with Crippen molar-refractivity contribution in [2.45, 2.75) is 59.3 Å². The van der Waals surface area contributed by atoms with Gasteiger partial charge in [0.1, 0.15) is 11.5 Å². The molecule has 0 aliphatic carbocycles. The highest BCUT2D eigenvalue weighted by Gasteiger charge is 2.22. The maximum Gasteiger partial charge on any atom is 0.235 e. The maximum atomic E-state index is 12.1. The summed E-state index contributed by atoms with van der Waals surface area (Å²) in [5.41, 5.74) is 1.09. The van der Waals surface area contributed by atoms with Crippen molar-refractivity contribution >= 4 is 15.7 Å². The second kappa shape index (κ2) is 7.76. The van der Waals surface area contributed by atoms with Gasteiger partial charge in [-0.15, -0.1) is 0 Å². The molecule has 0 spiro atoms. The van der Waals surface area contributed by atoms with Crippen molar-refractivity contribution in [2.24, 2.45) is 5.92 Å². The third kappa shape index (κ3) is 6.17. The molecule has 1 aromatic rings. The van der Waals surface area contributed by atoms with E-state index in [1.54, 1.807) is 13.8 Å². The first-order chi connectivity index (χ1) is 10.1. The monoisotopic (exact) mass is 330 g/mol. The number of nitrogens with zero attached hydrogens (tertiary/aromatic N) is 1. The van der Waals surface area contributed by atoms with Gasteiger partial charge in [-0.3, -0.25) is 4.79 Å². The molecule has 126 valence electrons. The molecule has 1 atom stereocenters. The van der Waals surface area contributed by atoms with Gasteiger partial charge in [-0.1, -0.05) is 19.0 Å². The molecule has 7 heteroatoms. The Labute approximate surface area is 132 Å². The van der Waals surface area contributed by atoms with Gasteiger partial charge in [-0.05, 0) is 39.5 Å². The summed E-state index contributed by atoms with van der Waals surface area (Å²) in [5, 5.41) is 6.47.